The quantitative estimate of drug-likeness (QED) is 0.866. The predicted molar refractivity (Wildman–Crippen MR) is 88.7 cm³/mol. The van der Waals surface area contributed by atoms with Gasteiger partial charge >= 0.3 is 0 Å². The number of hydrogen-bond donors (Lipinski definition) is 1. The number of hydrogen-bond acceptors (Lipinski definition) is 2. The van der Waals surface area contributed by atoms with Crippen molar-refractivity contribution >= 4 is 18.3 Å². The van der Waals surface area contributed by atoms with Crippen molar-refractivity contribution < 1.29 is 4.79 Å². The number of carbonyl (C=O) groups is 1. The van der Waals surface area contributed by atoms with Crippen molar-refractivity contribution in [2.75, 3.05) is 13.1 Å². The highest BCUT2D eigenvalue weighted by Gasteiger charge is 2.45. The Labute approximate surface area is 135 Å². The average molecular weight is 315 g/mol. The molecule has 0 aromatic carbocycles. The van der Waals surface area contributed by atoms with Crippen LogP contribution in [-0.2, 0) is 4.79 Å². The Balaban J connectivity index is 0.00000161. The van der Waals surface area contributed by atoms with Crippen molar-refractivity contribution in [3.05, 3.63) is 0 Å². The van der Waals surface area contributed by atoms with Crippen LogP contribution in [0.3, 0.4) is 0 Å². The van der Waals surface area contributed by atoms with Gasteiger partial charge in [-0.25, -0.2) is 0 Å². The van der Waals surface area contributed by atoms with E-state index in [2.05, 4.69) is 24.1 Å². The van der Waals surface area contributed by atoms with Crippen molar-refractivity contribution in [2.45, 2.75) is 77.3 Å². The van der Waals surface area contributed by atoms with E-state index in [0.29, 0.717) is 23.9 Å². The van der Waals surface area contributed by atoms with Gasteiger partial charge in [-0.2, -0.15) is 0 Å². The number of carbonyl (C=O) groups excluding carboxylic acids is 1. The average Bonchev–Trinajstić information content (AvgIpc) is 2.96. The molecule has 0 aromatic heterocycles. The summed E-state index contributed by atoms with van der Waals surface area (Å²) < 4.78 is 0. The summed E-state index contributed by atoms with van der Waals surface area (Å²) in [5.41, 5.74) is -0.0161. The molecule has 3 aliphatic rings. The first-order chi connectivity index (χ1) is 9.59. The second-order valence-electron chi connectivity index (χ2n) is 7.76. The third kappa shape index (κ3) is 3.56. The number of halogens is 1. The lowest BCUT2D eigenvalue weighted by Crippen LogP contribution is -2.47. The Bertz CT molecular complexity index is 366. The van der Waals surface area contributed by atoms with Crippen LogP contribution in [0.2, 0.25) is 0 Å². The van der Waals surface area contributed by atoms with Gasteiger partial charge in [0, 0.05) is 30.6 Å². The van der Waals surface area contributed by atoms with E-state index in [1.54, 1.807) is 0 Å². The third-order valence-electron chi connectivity index (χ3n) is 5.62. The lowest BCUT2D eigenvalue weighted by molar-refractivity contribution is -0.143. The molecule has 3 fully saturated rings. The van der Waals surface area contributed by atoms with Gasteiger partial charge in [-0.3, -0.25) is 4.79 Å². The van der Waals surface area contributed by atoms with Crippen LogP contribution >= 0.6 is 12.4 Å². The fourth-order valence-electron chi connectivity index (χ4n) is 4.80. The highest BCUT2D eigenvalue weighted by atomic mass is 35.5. The molecule has 21 heavy (non-hydrogen) atoms. The Hall–Kier alpha value is -0.280. The second-order valence-corrected chi connectivity index (χ2v) is 7.76. The molecule has 0 spiro atoms. The Morgan fingerprint density at radius 2 is 1.86 bits per heavy atom. The van der Waals surface area contributed by atoms with Gasteiger partial charge in [0.1, 0.15) is 0 Å². The summed E-state index contributed by atoms with van der Waals surface area (Å²) in [7, 11) is 0. The zero-order chi connectivity index (χ0) is 14.2. The topological polar surface area (TPSA) is 32.3 Å². The van der Waals surface area contributed by atoms with Crippen LogP contribution < -0.4 is 5.32 Å². The van der Waals surface area contributed by atoms with Gasteiger partial charge < -0.3 is 10.2 Å². The summed E-state index contributed by atoms with van der Waals surface area (Å²) in [6.07, 6.45) is 9.55. The second kappa shape index (κ2) is 6.87. The van der Waals surface area contributed by atoms with Crippen LogP contribution in [0.25, 0.3) is 0 Å². The largest absolute Gasteiger partial charge is 0.341 e. The Morgan fingerprint density at radius 1 is 1.19 bits per heavy atom. The summed E-state index contributed by atoms with van der Waals surface area (Å²) in [5, 5.41) is 3.69. The summed E-state index contributed by atoms with van der Waals surface area (Å²) in [6, 6.07) is 1.23. The zero-order valence-corrected chi connectivity index (χ0v) is 14.4. The SMILES string of the molecule is CC(C)CC1(C(=O)N2CCC3CCC(C2)N3)CCCC1.Cl. The summed E-state index contributed by atoms with van der Waals surface area (Å²) in [6.45, 7) is 6.46. The molecule has 3 nitrogen and oxygen atoms in total. The van der Waals surface area contributed by atoms with Crippen molar-refractivity contribution in [1.29, 1.82) is 0 Å². The van der Waals surface area contributed by atoms with Crippen LogP contribution in [0.4, 0.5) is 0 Å². The predicted octanol–water partition coefficient (Wildman–Crippen LogP) is 3.37. The number of amides is 1. The number of likely N-dealkylation sites (tertiary alicyclic amines) is 1. The molecule has 2 heterocycles. The van der Waals surface area contributed by atoms with E-state index in [9.17, 15) is 4.79 Å². The highest BCUT2D eigenvalue weighted by Crippen LogP contribution is 2.45. The Kier molecular flexibility index (Phi) is 5.59. The highest BCUT2D eigenvalue weighted by molar-refractivity contribution is 5.85. The molecule has 3 rings (SSSR count). The van der Waals surface area contributed by atoms with Crippen molar-refractivity contribution in [2.24, 2.45) is 11.3 Å². The minimum absolute atomic E-state index is 0. The van der Waals surface area contributed by atoms with Gasteiger partial charge in [-0.1, -0.05) is 26.7 Å². The van der Waals surface area contributed by atoms with Crippen LogP contribution in [0.5, 0.6) is 0 Å². The van der Waals surface area contributed by atoms with E-state index in [4.69, 9.17) is 0 Å². The molecule has 2 saturated heterocycles. The van der Waals surface area contributed by atoms with Gasteiger partial charge in [-0.05, 0) is 44.4 Å². The number of rotatable bonds is 3. The maximum atomic E-state index is 13.2. The number of fused-ring (bicyclic) bond motifs is 2. The first kappa shape index (κ1) is 17.1. The molecule has 1 amide bonds. The third-order valence-corrected chi connectivity index (χ3v) is 5.62. The number of nitrogens with zero attached hydrogens (tertiary/aromatic N) is 1. The molecular weight excluding hydrogens is 284 g/mol. The van der Waals surface area contributed by atoms with E-state index in [1.807, 2.05) is 0 Å². The van der Waals surface area contributed by atoms with Crippen LogP contribution in [0.1, 0.15) is 65.2 Å². The maximum Gasteiger partial charge on any atom is 0.228 e. The van der Waals surface area contributed by atoms with E-state index >= 15 is 0 Å². The van der Waals surface area contributed by atoms with Gasteiger partial charge in [0.05, 0.1) is 0 Å². The molecule has 4 heteroatoms. The first-order valence-electron chi connectivity index (χ1n) is 8.64. The van der Waals surface area contributed by atoms with Gasteiger partial charge in [0.25, 0.3) is 0 Å². The van der Waals surface area contributed by atoms with E-state index in [0.717, 1.165) is 38.8 Å². The molecule has 1 N–H and O–H groups in total. The molecule has 1 saturated carbocycles. The minimum atomic E-state index is -0.0161. The summed E-state index contributed by atoms with van der Waals surface area (Å²) in [5.74, 6) is 1.11. The lowest BCUT2D eigenvalue weighted by Gasteiger charge is -2.36. The van der Waals surface area contributed by atoms with Crippen LogP contribution in [0.15, 0.2) is 0 Å². The van der Waals surface area contributed by atoms with Crippen molar-refractivity contribution in [3.8, 4) is 0 Å². The van der Waals surface area contributed by atoms with Gasteiger partial charge in [-0.15, -0.1) is 12.4 Å². The molecular formula is C17H31ClN2O. The van der Waals surface area contributed by atoms with Crippen molar-refractivity contribution in [3.63, 3.8) is 0 Å². The molecule has 2 atom stereocenters. The van der Waals surface area contributed by atoms with E-state index < -0.39 is 0 Å². The van der Waals surface area contributed by atoms with E-state index in [-0.39, 0.29) is 17.8 Å². The fraction of sp³-hybridized carbons (Fsp3) is 0.941. The molecule has 1 aliphatic carbocycles. The molecule has 2 bridgehead atoms. The number of nitrogens with one attached hydrogen (secondary N) is 1. The smallest absolute Gasteiger partial charge is 0.228 e. The fourth-order valence-corrected chi connectivity index (χ4v) is 4.80. The molecule has 0 aromatic rings. The summed E-state index contributed by atoms with van der Waals surface area (Å²) >= 11 is 0. The van der Waals surface area contributed by atoms with Gasteiger partial charge in [0.15, 0.2) is 0 Å². The van der Waals surface area contributed by atoms with Crippen molar-refractivity contribution in [1.82, 2.24) is 10.2 Å². The first-order valence-corrected chi connectivity index (χ1v) is 8.64. The molecule has 2 aliphatic heterocycles. The monoisotopic (exact) mass is 314 g/mol. The minimum Gasteiger partial charge on any atom is -0.341 e. The molecule has 122 valence electrons. The van der Waals surface area contributed by atoms with E-state index in [1.165, 1.54) is 25.7 Å². The molecule has 2 unspecified atom stereocenters. The Morgan fingerprint density at radius 3 is 2.52 bits per heavy atom. The lowest BCUT2D eigenvalue weighted by atomic mass is 9.77. The normalized spacial score (nSPS) is 31.1. The van der Waals surface area contributed by atoms with Gasteiger partial charge in [0.2, 0.25) is 5.91 Å². The van der Waals surface area contributed by atoms with Crippen LogP contribution in [0, 0.1) is 11.3 Å². The molecule has 0 radical (unpaired) electrons. The maximum absolute atomic E-state index is 13.2. The summed E-state index contributed by atoms with van der Waals surface area (Å²) in [4.78, 5) is 15.4. The standard InChI is InChI=1S/C17H30N2O.ClH/c1-13(2)11-17(8-3-4-9-17)16(20)19-10-7-14-5-6-15(12-19)18-14;/h13-15,18H,3-12H2,1-2H3;1H. The zero-order valence-electron chi connectivity index (χ0n) is 13.6. The van der Waals surface area contributed by atoms with Crippen LogP contribution in [-0.4, -0.2) is 36.0 Å².